The highest BCUT2D eigenvalue weighted by Crippen LogP contribution is 2.28. The molecule has 4 heterocycles. The van der Waals surface area contributed by atoms with Crippen molar-refractivity contribution in [3.05, 3.63) is 74.9 Å². The summed E-state index contributed by atoms with van der Waals surface area (Å²) in [6, 6.07) is -0.562. The SMILES string of the molecule is CCC(COC(=O)CCCCCO)(COC(=O)CCCCCO)COC(=O)CCCCCO.CCC(COC(=O)CCCCCOC(=O)CCCCCCCCC(=O)n1cc[nH+]c1)(COC(=O)CCCCCOC(=O)CCCCCCCNC(=O)n1ccnc1)COC(=O)CCCCCOC(=O)NCCCCCCNC(=O)n1cc[nH+]c1.O=C=NCCCCCCNC(=O)n1ccnc1. The summed E-state index contributed by atoms with van der Waals surface area (Å²) in [7, 11) is 0. The molecule has 0 aromatic carbocycles. The number of unbranched alkanes of at least 4 members (excludes halogenated alkanes) is 27. The number of esters is 8. The summed E-state index contributed by atoms with van der Waals surface area (Å²) < 4.78 is 55.2. The Morgan fingerprint density at radius 2 is 0.597 bits per heavy atom. The fourth-order valence-electron chi connectivity index (χ4n) is 13.0. The highest BCUT2D eigenvalue weighted by molar-refractivity contribution is 5.79. The third-order valence-corrected chi connectivity index (χ3v) is 21.8. The second-order valence-electron chi connectivity index (χ2n) is 33.2. The minimum atomic E-state index is -0.994. The first kappa shape index (κ1) is 119. The third kappa shape index (κ3) is 65.8. The van der Waals surface area contributed by atoms with Crippen molar-refractivity contribution in [1.82, 2.24) is 49.5 Å². The van der Waals surface area contributed by atoms with Crippen LogP contribution in [-0.2, 0) is 85.8 Å². The minimum Gasteiger partial charge on any atom is -0.466 e. The number of ether oxygens (including phenoxy) is 9. The van der Waals surface area contributed by atoms with Crippen LogP contribution in [0, 0.1) is 10.8 Å². The Morgan fingerprint density at radius 3 is 0.903 bits per heavy atom. The number of isocyanates is 1. The average molecular weight is 1900 g/mol. The van der Waals surface area contributed by atoms with Crippen molar-refractivity contribution in [2.45, 2.75) is 322 Å². The average Bonchev–Trinajstić information content (AvgIpc) is 1.22. The lowest BCUT2D eigenvalue weighted by Crippen LogP contribution is -2.39. The van der Waals surface area contributed by atoms with Gasteiger partial charge in [0.2, 0.25) is 12.4 Å². The van der Waals surface area contributed by atoms with Crippen molar-refractivity contribution in [3.8, 4) is 0 Å². The number of nitrogens with zero attached hydrogens (tertiary/aromatic N) is 7. The first-order chi connectivity index (χ1) is 65.2. The molecule has 39 heteroatoms. The van der Waals surface area contributed by atoms with E-state index in [1.54, 1.807) is 66.8 Å². The van der Waals surface area contributed by atoms with Crippen molar-refractivity contribution in [1.29, 1.82) is 0 Å². The lowest BCUT2D eigenvalue weighted by Gasteiger charge is -2.31. The number of imidazole rings is 4. The van der Waals surface area contributed by atoms with Crippen LogP contribution in [0.2, 0.25) is 0 Å². The summed E-state index contributed by atoms with van der Waals surface area (Å²) in [6.45, 7) is 6.97. The minimum absolute atomic E-state index is 0.0298. The number of aliphatic hydroxyl groups excluding tert-OH is 3. The monoisotopic (exact) mass is 1900 g/mol. The van der Waals surface area contributed by atoms with Crippen molar-refractivity contribution in [2.75, 3.05) is 112 Å². The molecular formula is C95H157N13O26+2. The molecule has 0 saturated carbocycles. The van der Waals surface area contributed by atoms with Gasteiger partial charge in [0.25, 0.3) is 6.33 Å². The molecule has 0 aliphatic carbocycles. The topological polar surface area (TPSA) is 517 Å². The smallest absolute Gasteiger partial charge is 0.413 e. The molecule has 0 saturated heterocycles. The van der Waals surface area contributed by atoms with E-state index in [-0.39, 0.29) is 172 Å². The molecule has 4 aromatic rings. The van der Waals surface area contributed by atoms with Crippen LogP contribution in [0.15, 0.2) is 79.9 Å². The van der Waals surface area contributed by atoms with Crippen LogP contribution in [0.3, 0.4) is 0 Å². The molecule has 0 bridgehead atoms. The number of aromatic nitrogens is 8. The van der Waals surface area contributed by atoms with Gasteiger partial charge < -0.3 is 79.2 Å². The largest absolute Gasteiger partial charge is 0.466 e. The summed E-state index contributed by atoms with van der Waals surface area (Å²) in [4.78, 5) is 186. The maximum Gasteiger partial charge on any atom is 0.413 e. The number of aromatic amines is 2. The zero-order chi connectivity index (χ0) is 97.7. The molecule has 4 amide bonds. The van der Waals surface area contributed by atoms with Gasteiger partial charge in [-0.1, -0.05) is 104 Å². The molecular weight excluding hydrogens is 1740 g/mol. The maximum absolute atomic E-state index is 13.0. The molecule has 9 N–H and O–H groups in total. The zero-order valence-corrected chi connectivity index (χ0v) is 79.8. The highest BCUT2D eigenvalue weighted by Gasteiger charge is 2.36. The van der Waals surface area contributed by atoms with E-state index >= 15 is 0 Å². The molecule has 39 nitrogen and oxygen atoms in total. The molecule has 0 radical (unpaired) electrons. The predicted octanol–water partition coefficient (Wildman–Crippen LogP) is 12.8. The number of amides is 4. The van der Waals surface area contributed by atoms with E-state index in [4.69, 9.17) is 58.0 Å². The van der Waals surface area contributed by atoms with Crippen molar-refractivity contribution >= 4 is 83.9 Å². The standard InChI is InChI=1S/C60H95N9O15.C24H44O9.C11H16N4O2/c1-2-60(45-82-54(73)30-18-12-24-42-79-52(71)28-16-7-4-3-6-15-27-51(70)67-39-36-61-48-67,46-83-55(74)31-19-13-25-43-80-53(72)29-17-8-5-9-21-33-64-57(76)68-40-37-62-49-68)47-84-56(75)32-20-14-26-44-81-59(78)66-35-23-11-10-22-34-65-58(77)69-41-38-63-50-69;1-2-24(18-31-21(28)12-6-3-9-15-25,19-32-22(29)13-7-4-10-16-26)20-33-23(30)14-8-5-11-17-27;16-10-13-5-3-1-2-4-6-14-11(17)15-8-7-12-9-15/h36-41,48-50H,2-35,42-47H2,1H3,(H,64,76)(H,65,77)(H,66,78);25-27H,2-20H2,1H3;7-9H,1-6H2,(H,14,17)/p+2. The van der Waals surface area contributed by atoms with Crippen molar-refractivity contribution < 1.29 is 135 Å². The van der Waals surface area contributed by atoms with E-state index in [2.05, 4.69) is 46.2 Å². The lowest BCUT2D eigenvalue weighted by molar-refractivity contribution is -0.377. The second-order valence-corrected chi connectivity index (χ2v) is 33.2. The maximum atomic E-state index is 13.0. The second kappa shape index (κ2) is 81.7. The molecule has 0 aliphatic rings. The number of rotatable bonds is 78. The Hall–Kier alpha value is -10.8. The van der Waals surface area contributed by atoms with Crippen LogP contribution in [0.25, 0.3) is 0 Å². The number of carbonyl (C=O) groups excluding carboxylic acids is 14. The van der Waals surface area contributed by atoms with Gasteiger partial charge in [0, 0.05) is 122 Å². The molecule has 1 unspecified atom stereocenters. The fourth-order valence-corrected chi connectivity index (χ4v) is 13.0. The van der Waals surface area contributed by atoms with Gasteiger partial charge >= 0.3 is 77.8 Å². The quantitative estimate of drug-likeness (QED) is 0.00709. The predicted molar refractivity (Wildman–Crippen MR) is 493 cm³/mol. The Labute approximate surface area is 789 Å². The number of carbonyl (C=O) groups is 13. The summed E-state index contributed by atoms with van der Waals surface area (Å²) in [5.74, 6) is -2.93. The van der Waals surface area contributed by atoms with Gasteiger partial charge in [-0.3, -0.25) is 47.5 Å². The van der Waals surface area contributed by atoms with Crippen LogP contribution in [0.5, 0.6) is 0 Å². The van der Waals surface area contributed by atoms with Gasteiger partial charge in [0.05, 0.1) is 43.6 Å². The first-order valence-corrected chi connectivity index (χ1v) is 48.6. The van der Waals surface area contributed by atoms with Gasteiger partial charge in [0.1, 0.15) is 77.1 Å². The normalized spacial score (nSPS) is 11.3. The lowest BCUT2D eigenvalue weighted by atomic mass is 9.88. The van der Waals surface area contributed by atoms with E-state index in [1.807, 2.05) is 13.8 Å². The van der Waals surface area contributed by atoms with Gasteiger partial charge in [-0.25, -0.2) is 53.7 Å². The molecule has 1 atom stereocenters. The number of alkyl carbamates (subject to hydrolysis) is 1. The van der Waals surface area contributed by atoms with Crippen LogP contribution in [0.4, 0.5) is 19.2 Å². The Kier molecular flexibility index (Phi) is 72.8. The number of aliphatic imine (C=N–C) groups is 1. The number of hydrogen-bond acceptors (Lipinski definition) is 29. The summed E-state index contributed by atoms with van der Waals surface area (Å²) >= 11 is 0. The molecule has 134 heavy (non-hydrogen) atoms. The van der Waals surface area contributed by atoms with E-state index in [1.165, 1.54) is 32.4 Å². The van der Waals surface area contributed by atoms with Gasteiger partial charge in [-0.05, 0) is 161 Å². The molecule has 756 valence electrons. The summed E-state index contributed by atoms with van der Waals surface area (Å²) in [5.41, 5.74) is -1.83. The van der Waals surface area contributed by atoms with Crippen LogP contribution in [0.1, 0.15) is 327 Å². The molecule has 0 spiro atoms. The fraction of sp³-hybridized carbons (Fsp3) is 0.726. The Bertz CT molecular complexity index is 3470. The van der Waals surface area contributed by atoms with Crippen LogP contribution >= 0.6 is 0 Å². The summed E-state index contributed by atoms with van der Waals surface area (Å²) in [5, 5.41) is 37.7. The van der Waals surface area contributed by atoms with E-state index < -0.39 is 34.8 Å². The van der Waals surface area contributed by atoms with Gasteiger partial charge in [-0.15, -0.1) is 0 Å². The molecule has 0 fully saturated rings. The number of H-pyrrole nitrogens is 2. The Balaban J connectivity index is 0.000000982. The Morgan fingerprint density at radius 1 is 0.321 bits per heavy atom. The number of nitrogens with one attached hydrogen (secondary N) is 6. The van der Waals surface area contributed by atoms with Crippen molar-refractivity contribution in [3.63, 3.8) is 0 Å². The molecule has 0 aliphatic heterocycles. The molecule has 4 rings (SSSR count). The van der Waals surface area contributed by atoms with E-state index in [0.29, 0.717) is 161 Å². The first-order valence-electron chi connectivity index (χ1n) is 48.6. The third-order valence-electron chi connectivity index (χ3n) is 21.8. The molecule has 4 aromatic heterocycles. The zero-order valence-electron chi connectivity index (χ0n) is 79.8. The van der Waals surface area contributed by atoms with Crippen LogP contribution < -0.4 is 31.2 Å². The summed E-state index contributed by atoms with van der Waals surface area (Å²) in [6.07, 6.45) is 51.3. The number of hydrogen-bond donors (Lipinski definition) is 7. The van der Waals surface area contributed by atoms with Gasteiger partial charge in [0.15, 0.2) is 0 Å². The number of aliphatic hydroxyl groups is 3. The van der Waals surface area contributed by atoms with Gasteiger partial charge in [-0.2, -0.15) is 9.13 Å². The van der Waals surface area contributed by atoms with Crippen LogP contribution in [-0.4, -0.2) is 239 Å². The highest BCUT2D eigenvalue weighted by atomic mass is 16.6. The van der Waals surface area contributed by atoms with Crippen molar-refractivity contribution in [2.24, 2.45) is 15.8 Å². The van der Waals surface area contributed by atoms with E-state index in [0.717, 1.165) is 141 Å². The van der Waals surface area contributed by atoms with E-state index in [9.17, 15) is 67.1 Å².